The molecule has 1 amide bonds. The minimum absolute atomic E-state index is 0.0335. The van der Waals surface area contributed by atoms with Gasteiger partial charge in [-0.2, -0.15) is 4.31 Å². The van der Waals surface area contributed by atoms with Gasteiger partial charge in [0, 0.05) is 31.4 Å². The van der Waals surface area contributed by atoms with Crippen molar-refractivity contribution in [1.29, 1.82) is 0 Å². The molecule has 35 heavy (non-hydrogen) atoms. The number of fused-ring (bicyclic) bond motifs is 1. The molecule has 5 rings (SSSR count). The maximum absolute atomic E-state index is 13.8. The number of nitrogens with zero attached hydrogens (tertiary/aromatic N) is 4. The van der Waals surface area contributed by atoms with E-state index in [1.165, 1.54) is 21.7 Å². The van der Waals surface area contributed by atoms with Gasteiger partial charge >= 0.3 is 0 Å². The molecule has 0 aliphatic carbocycles. The summed E-state index contributed by atoms with van der Waals surface area (Å²) < 4.78 is 29.1. The first-order chi connectivity index (χ1) is 16.8. The van der Waals surface area contributed by atoms with E-state index in [4.69, 9.17) is 16.6 Å². The number of pyridine rings is 1. The van der Waals surface area contributed by atoms with E-state index in [9.17, 15) is 13.2 Å². The summed E-state index contributed by atoms with van der Waals surface area (Å²) in [5, 5.41) is 0.649. The van der Waals surface area contributed by atoms with E-state index in [-0.39, 0.29) is 29.1 Å². The summed E-state index contributed by atoms with van der Waals surface area (Å²) >= 11 is 8.49. The summed E-state index contributed by atoms with van der Waals surface area (Å²) in [5.74, 6) is -0.322. The predicted octanol–water partition coefficient (Wildman–Crippen LogP) is 5.35. The number of amides is 1. The molecule has 0 saturated carbocycles. The maximum atomic E-state index is 13.8. The van der Waals surface area contributed by atoms with Crippen molar-refractivity contribution in [3.63, 3.8) is 0 Å². The molecule has 1 saturated heterocycles. The summed E-state index contributed by atoms with van der Waals surface area (Å²) in [6, 6.07) is 13.0. The van der Waals surface area contributed by atoms with Crippen molar-refractivity contribution in [2.45, 2.75) is 30.5 Å². The van der Waals surface area contributed by atoms with Crippen LogP contribution in [0.3, 0.4) is 0 Å². The van der Waals surface area contributed by atoms with Crippen LogP contribution in [0.5, 0.6) is 0 Å². The standard InChI is InChI=1S/C24H23ClN4O3S3/c1-16-2-3-19-20(14-16)33-24(27-19)29(15-17-6-10-26-11-7-17)23(30)18-8-12-28(13-9-18)35(31,32)22-5-4-21(25)34-22/h2-7,10-11,14,18H,8-9,12-13,15H2,1H3. The molecule has 1 fully saturated rings. The van der Waals surface area contributed by atoms with Gasteiger partial charge in [0.1, 0.15) is 4.21 Å². The van der Waals surface area contributed by atoms with Crippen molar-refractivity contribution in [2.75, 3.05) is 18.0 Å². The van der Waals surface area contributed by atoms with Crippen LogP contribution < -0.4 is 4.90 Å². The summed E-state index contributed by atoms with van der Waals surface area (Å²) in [6.45, 7) is 2.99. The fraction of sp³-hybridized carbons (Fsp3) is 0.292. The van der Waals surface area contributed by atoms with Crippen LogP contribution in [0, 0.1) is 12.8 Å². The SMILES string of the molecule is Cc1ccc2nc(N(Cc3ccncc3)C(=O)C3CCN(S(=O)(=O)c4ccc(Cl)s4)CC3)sc2c1. The number of aryl methyl sites for hydroxylation is 1. The second-order valence-corrected chi connectivity index (χ2v) is 13.4. The largest absolute Gasteiger partial charge is 0.283 e. The van der Waals surface area contributed by atoms with Crippen LogP contribution in [0.15, 0.2) is 59.1 Å². The van der Waals surface area contributed by atoms with E-state index in [0.717, 1.165) is 32.7 Å². The summed E-state index contributed by atoms with van der Waals surface area (Å²) in [7, 11) is -3.61. The number of piperidine rings is 1. The molecule has 0 spiro atoms. The number of hydrogen-bond acceptors (Lipinski definition) is 7. The number of benzene rings is 1. The Bertz CT molecular complexity index is 1460. The quantitative estimate of drug-likeness (QED) is 0.325. The first kappa shape index (κ1) is 24.3. The average molecular weight is 547 g/mol. The zero-order chi connectivity index (χ0) is 24.6. The Hall–Kier alpha value is -2.37. The lowest BCUT2D eigenvalue weighted by atomic mass is 9.96. The first-order valence-electron chi connectivity index (χ1n) is 11.1. The molecule has 3 aromatic heterocycles. The third kappa shape index (κ3) is 5.12. The van der Waals surface area contributed by atoms with Crippen LogP contribution in [-0.4, -0.2) is 41.7 Å². The molecule has 182 valence electrons. The zero-order valence-electron chi connectivity index (χ0n) is 18.9. The van der Waals surface area contributed by atoms with Crippen LogP contribution in [0.2, 0.25) is 4.34 Å². The number of halogens is 1. The maximum Gasteiger partial charge on any atom is 0.252 e. The number of aromatic nitrogens is 2. The number of hydrogen-bond donors (Lipinski definition) is 0. The van der Waals surface area contributed by atoms with Crippen LogP contribution in [-0.2, 0) is 21.4 Å². The van der Waals surface area contributed by atoms with Gasteiger partial charge in [-0.3, -0.25) is 14.7 Å². The van der Waals surface area contributed by atoms with E-state index in [1.807, 2.05) is 31.2 Å². The monoisotopic (exact) mass is 546 g/mol. The number of carbonyl (C=O) groups is 1. The second kappa shape index (κ2) is 9.94. The Morgan fingerprint density at radius 3 is 2.54 bits per heavy atom. The minimum atomic E-state index is -3.61. The van der Waals surface area contributed by atoms with Crippen LogP contribution in [0.1, 0.15) is 24.0 Å². The van der Waals surface area contributed by atoms with Crippen molar-refractivity contribution in [3.05, 3.63) is 70.3 Å². The summed E-state index contributed by atoms with van der Waals surface area (Å²) in [4.78, 5) is 24.3. The Morgan fingerprint density at radius 1 is 1.11 bits per heavy atom. The van der Waals surface area contributed by atoms with Crippen molar-refractivity contribution < 1.29 is 13.2 Å². The van der Waals surface area contributed by atoms with Crippen molar-refractivity contribution in [1.82, 2.24) is 14.3 Å². The Morgan fingerprint density at radius 2 is 1.86 bits per heavy atom. The lowest BCUT2D eigenvalue weighted by molar-refractivity contribution is -0.123. The highest BCUT2D eigenvalue weighted by molar-refractivity contribution is 7.91. The number of thiazole rings is 1. The van der Waals surface area contributed by atoms with Gasteiger partial charge in [-0.05, 0) is 67.3 Å². The van der Waals surface area contributed by atoms with E-state index >= 15 is 0 Å². The molecule has 0 atom stereocenters. The Kier molecular flexibility index (Phi) is 6.91. The molecule has 4 heterocycles. The number of carbonyl (C=O) groups excluding carboxylic acids is 1. The van der Waals surface area contributed by atoms with Crippen LogP contribution in [0.25, 0.3) is 10.2 Å². The van der Waals surface area contributed by atoms with Gasteiger partial charge in [0.05, 0.1) is 21.1 Å². The fourth-order valence-corrected chi connectivity index (χ4v) is 8.35. The summed E-state index contributed by atoms with van der Waals surface area (Å²) in [6.07, 6.45) is 4.32. The number of anilines is 1. The predicted molar refractivity (Wildman–Crippen MR) is 141 cm³/mol. The van der Waals surface area contributed by atoms with Crippen molar-refractivity contribution in [3.8, 4) is 0 Å². The lowest BCUT2D eigenvalue weighted by Crippen LogP contribution is -2.44. The molecular formula is C24H23ClN4O3S3. The first-order valence-corrected chi connectivity index (χ1v) is 14.6. The topological polar surface area (TPSA) is 83.5 Å². The second-order valence-electron chi connectivity index (χ2n) is 8.48. The Balaban J connectivity index is 1.37. The number of rotatable bonds is 6. The van der Waals surface area contributed by atoms with Crippen LogP contribution in [0.4, 0.5) is 5.13 Å². The van der Waals surface area contributed by atoms with Gasteiger partial charge < -0.3 is 0 Å². The smallest absolute Gasteiger partial charge is 0.252 e. The number of thiophene rings is 1. The van der Waals surface area contributed by atoms with Gasteiger partial charge in [0.25, 0.3) is 10.0 Å². The highest BCUT2D eigenvalue weighted by atomic mass is 35.5. The molecule has 0 N–H and O–H groups in total. The Labute approximate surface area is 217 Å². The molecule has 0 bridgehead atoms. The van der Waals surface area contributed by atoms with Gasteiger partial charge in [0.2, 0.25) is 5.91 Å². The third-order valence-corrected chi connectivity index (χ3v) is 10.7. The molecule has 4 aromatic rings. The third-order valence-electron chi connectivity index (χ3n) is 6.07. The van der Waals surface area contributed by atoms with E-state index in [2.05, 4.69) is 11.1 Å². The average Bonchev–Trinajstić information content (AvgIpc) is 3.49. The fourth-order valence-electron chi connectivity index (χ4n) is 4.17. The lowest BCUT2D eigenvalue weighted by Gasteiger charge is -2.32. The molecule has 0 radical (unpaired) electrons. The summed E-state index contributed by atoms with van der Waals surface area (Å²) in [5.41, 5.74) is 2.96. The molecular weight excluding hydrogens is 524 g/mol. The molecule has 7 nitrogen and oxygen atoms in total. The normalized spacial score (nSPS) is 15.5. The van der Waals surface area contributed by atoms with E-state index < -0.39 is 10.0 Å². The van der Waals surface area contributed by atoms with Crippen molar-refractivity contribution >= 4 is 65.6 Å². The highest BCUT2D eigenvalue weighted by Gasteiger charge is 2.35. The van der Waals surface area contributed by atoms with Gasteiger partial charge in [-0.15, -0.1) is 11.3 Å². The molecule has 1 aliphatic heterocycles. The van der Waals surface area contributed by atoms with Gasteiger partial charge in [0.15, 0.2) is 5.13 Å². The minimum Gasteiger partial charge on any atom is -0.283 e. The van der Waals surface area contributed by atoms with Crippen molar-refractivity contribution in [2.24, 2.45) is 5.92 Å². The zero-order valence-corrected chi connectivity index (χ0v) is 22.1. The van der Waals surface area contributed by atoms with E-state index in [0.29, 0.717) is 28.9 Å². The molecule has 11 heteroatoms. The van der Waals surface area contributed by atoms with Gasteiger partial charge in [-0.1, -0.05) is 29.0 Å². The number of sulfonamides is 1. The van der Waals surface area contributed by atoms with Gasteiger partial charge in [-0.25, -0.2) is 13.4 Å². The van der Waals surface area contributed by atoms with Crippen LogP contribution >= 0.6 is 34.3 Å². The molecule has 0 unspecified atom stereocenters. The molecule has 1 aromatic carbocycles. The highest BCUT2D eigenvalue weighted by Crippen LogP contribution is 2.34. The molecule has 1 aliphatic rings. The van der Waals surface area contributed by atoms with E-state index in [1.54, 1.807) is 23.4 Å².